The number of nitrogens with zero attached hydrogens (tertiary/aromatic N) is 1. The van der Waals surface area contributed by atoms with Crippen molar-refractivity contribution in [1.82, 2.24) is 4.57 Å². The van der Waals surface area contributed by atoms with Crippen LogP contribution in [0.15, 0.2) is 35.8 Å². The molecule has 2 rings (SSSR count). The molecule has 3 heteroatoms. The number of aryl methyl sites for hydroxylation is 1. The van der Waals surface area contributed by atoms with Gasteiger partial charge in [-0.15, -0.1) is 11.3 Å². The lowest BCUT2D eigenvalue weighted by atomic mass is 10.2. The largest absolute Gasteiger partial charge is 0.299 e. The second-order valence-corrected chi connectivity index (χ2v) is 4.41. The second kappa shape index (κ2) is 3.44. The summed E-state index contributed by atoms with van der Waals surface area (Å²) in [5, 5.41) is 2.00. The van der Waals surface area contributed by atoms with E-state index in [2.05, 4.69) is 31.2 Å². The van der Waals surface area contributed by atoms with Crippen molar-refractivity contribution in [1.29, 1.82) is 0 Å². The van der Waals surface area contributed by atoms with Gasteiger partial charge in [-0.2, -0.15) is 0 Å². The molecule has 0 bridgehead atoms. The third kappa shape index (κ3) is 1.71. The van der Waals surface area contributed by atoms with E-state index >= 15 is 0 Å². The van der Waals surface area contributed by atoms with Crippen molar-refractivity contribution in [2.45, 2.75) is 6.92 Å². The van der Waals surface area contributed by atoms with E-state index in [0.29, 0.717) is 0 Å². The van der Waals surface area contributed by atoms with Crippen molar-refractivity contribution in [2.24, 2.45) is 0 Å². The molecule has 0 atom stereocenters. The maximum Gasteiger partial charge on any atom is 0.165 e. The van der Waals surface area contributed by atoms with E-state index in [1.54, 1.807) is 11.3 Å². The minimum atomic E-state index is 0.892. The molecular formula is C10H9NS2. The van der Waals surface area contributed by atoms with Crippen LogP contribution in [-0.4, -0.2) is 4.57 Å². The first-order valence-electron chi connectivity index (χ1n) is 4.00. The van der Waals surface area contributed by atoms with Crippen LogP contribution < -0.4 is 0 Å². The van der Waals surface area contributed by atoms with Gasteiger partial charge >= 0.3 is 0 Å². The van der Waals surface area contributed by atoms with Crippen LogP contribution in [0.25, 0.3) is 5.69 Å². The molecular weight excluding hydrogens is 198 g/mol. The fourth-order valence-electron chi connectivity index (χ4n) is 1.16. The molecule has 0 aliphatic carbocycles. The Morgan fingerprint density at radius 3 is 2.46 bits per heavy atom. The summed E-state index contributed by atoms with van der Waals surface area (Å²) in [5.74, 6) is 0. The third-order valence-electron chi connectivity index (χ3n) is 1.89. The highest BCUT2D eigenvalue weighted by atomic mass is 32.1. The molecule has 0 spiro atoms. The molecule has 1 aromatic carbocycles. The van der Waals surface area contributed by atoms with Crippen LogP contribution in [0.1, 0.15) is 5.56 Å². The lowest BCUT2D eigenvalue weighted by molar-refractivity contribution is 1.07. The molecule has 0 amide bonds. The molecule has 1 aromatic heterocycles. The monoisotopic (exact) mass is 207 g/mol. The van der Waals surface area contributed by atoms with Crippen molar-refractivity contribution in [3.63, 3.8) is 0 Å². The number of rotatable bonds is 1. The first-order valence-corrected chi connectivity index (χ1v) is 5.29. The molecule has 2 aromatic rings. The summed E-state index contributed by atoms with van der Waals surface area (Å²) in [6.07, 6.45) is 2.00. The molecule has 0 N–H and O–H groups in total. The Morgan fingerprint density at radius 1 is 1.23 bits per heavy atom. The van der Waals surface area contributed by atoms with Crippen molar-refractivity contribution < 1.29 is 0 Å². The molecule has 0 aliphatic heterocycles. The molecule has 66 valence electrons. The number of aromatic nitrogens is 1. The summed E-state index contributed by atoms with van der Waals surface area (Å²) in [6.45, 7) is 2.08. The van der Waals surface area contributed by atoms with Crippen LogP contribution >= 0.6 is 23.6 Å². The number of hydrogen-bond donors (Lipinski definition) is 0. The first kappa shape index (κ1) is 8.66. The Balaban J connectivity index is 2.54. The summed E-state index contributed by atoms with van der Waals surface area (Å²) in [4.78, 5) is 0. The summed E-state index contributed by atoms with van der Waals surface area (Å²) in [6, 6.07) is 8.35. The quantitative estimate of drug-likeness (QED) is 0.647. The lowest BCUT2D eigenvalue weighted by Crippen LogP contribution is -1.90. The zero-order chi connectivity index (χ0) is 9.26. The molecule has 1 heterocycles. The van der Waals surface area contributed by atoms with E-state index in [1.807, 2.05) is 16.1 Å². The van der Waals surface area contributed by atoms with E-state index < -0.39 is 0 Å². The Kier molecular flexibility index (Phi) is 2.29. The van der Waals surface area contributed by atoms with Gasteiger partial charge in [-0.25, -0.2) is 0 Å². The van der Waals surface area contributed by atoms with Crippen LogP contribution in [0.4, 0.5) is 0 Å². The predicted octanol–water partition coefficient (Wildman–Crippen LogP) is 3.58. The average molecular weight is 207 g/mol. The first-order chi connectivity index (χ1) is 6.27. The van der Waals surface area contributed by atoms with Gasteiger partial charge in [0.25, 0.3) is 0 Å². The van der Waals surface area contributed by atoms with Gasteiger partial charge in [0.15, 0.2) is 3.95 Å². The Morgan fingerprint density at radius 2 is 1.92 bits per heavy atom. The molecule has 13 heavy (non-hydrogen) atoms. The van der Waals surface area contributed by atoms with Crippen LogP contribution in [0.3, 0.4) is 0 Å². The van der Waals surface area contributed by atoms with Gasteiger partial charge in [0.05, 0.1) is 0 Å². The third-order valence-corrected chi connectivity index (χ3v) is 3.03. The molecule has 0 aliphatic rings. The van der Waals surface area contributed by atoms with Crippen LogP contribution in [0, 0.1) is 10.9 Å². The van der Waals surface area contributed by atoms with E-state index in [4.69, 9.17) is 12.2 Å². The van der Waals surface area contributed by atoms with Crippen LogP contribution in [0.5, 0.6) is 0 Å². The second-order valence-electron chi connectivity index (χ2n) is 2.87. The van der Waals surface area contributed by atoms with E-state index in [1.165, 1.54) is 5.56 Å². The highest BCUT2D eigenvalue weighted by Crippen LogP contribution is 2.13. The van der Waals surface area contributed by atoms with E-state index in [9.17, 15) is 0 Å². The van der Waals surface area contributed by atoms with Gasteiger partial charge in [-0.05, 0) is 31.3 Å². The summed E-state index contributed by atoms with van der Waals surface area (Å²) >= 11 is 6.76. The Hall–Kier alpha value is -0.930. The fourth-order valence-corrected chi connectivity index (χ4v) is 2.08. The van der Waals surface area contributed by atoms with E-state index in [0.717, 1.165) is 9.64 Å². The van der Waals surface area contributed by atoms with Gasteiger partial charge in [0, 0.05) is 17.3 Å². The highest BCUT2D eigenvalue weighted by molar-refractivity contribution is 7.73. The standard InChI is InChI=1S/C10H9NS2/c1-8-2-4-9(5-3-8)11-6-7-13-10(11)12/h2-7H,1H3. The van der Waals surface area contributed by atoms with Gasteiger partial charge in [-0.1, -0.05) is 17.7 Å². The fraction of sp³-hybridized carbons (Fsp3) is 0.100. The van der Waals surface area contributed by atoms with Crippen molar-refractivity contribution in [3.05, 3.63) is 45.4 Å². The van der Waals surface area contributed by atoms with Gasteiger partial charge in [-0.3, -0.25) is 4.57 Å². The lowest BCUT2D eigenvalue weighted by Gasteiger charge is -2.01. The topological polar surface area (TPSA) is 4.93 Å². The molecule has 0 fully saturated rings. The molecule has 0 saturated heterocycles. The summed E-state index contributed by atoms with van der Waals surface area (Å²) in [7, 11) is 0. The Bertz CT molecular complexity index is 450. The van der Waals surface area contributed by atoms with E-state index in [-0.39, 0.29) is 0 Å². The molecule has 0 saturated carbocycles. The van der Waals surface area contributed by atoms with Crippen molar-refractivity contribution in [3.8, 4) is 5.69 Å². The minimum Gasteiger partial charge on any atom is -0.299 e. The Labute approximate surface area is 86.3 Å². The van der Waals surface area contributed by atoms with Gasteiger partial charge in [0.1, 0.15) is 0 Å². The zero-order valence-corrected chi connectivity index (χ0v) is 8.86. The van der Waals surface area contributed by atoms with Crippen molar-refractivity contribution >= 4 is 23.6 Å². The molecule has 1 nitrogen and oxygen atoms in total. The van der Waals surface area contributed by atoms with Crippen LogP contribution in [-0.2, 0) is 0 Å². The maximum absolute atomic E-state index is 5.18. The maximum atomic E-state index is 5.18. The number of benzene rings is 1. The minimum absolute atomic E-state index is 0.892. The number of hydrogen-bond acceptors (Lipinski definition) is 2. The molecule has 0 radical (unpaired) electrons. The van der Waals surface area contributed by atoms with Crippen LogP contribution in [0.2, 0.25) is 0 Å². The SMILES string of the molecule is Cc1ccc(-n2ccsc2=S)cc1. The smallest absolute Gasteiger partial charge is 0.165 e. The van der Waals surface area contributed by atoms with Crippen molar-refractivity contribution in [2.75, 3.05) is 0 Å². The summed E-state index contributed by atoms with van der Waals surface area (Å²) < 4.78 is 2.91. The predicted molar refractivity (Wildman–Crippen MR) is 59.2 cm³/mol. The highest BCUT2D eigenvalue weighted by Gasteiger charge is 1.95. The summed E-state index contributed by atoms with van der Waals surface area (Å²) in [5.41, 5.74) is 2.40. The zero-order valence-electron chi connectivity index (χ0n) is 7.23. The van der Waals surface area contributed by atoms with Gasteiger partial charge < -0.3 is 0 Å². The normalized spacial score (nSPS) is 10.2. The number of thiazole rings is 1. The van der Waals surface area contributed by atoms with Gasteiger partial charge in [0.2, 0.25) is 0 Å². The molecule has 0 unspecified atom stereocenters. The average Bonchev–Trinajstić information content (AvgIpc) is 2.53.